The van der Waals surface area contributed by atoms with Crippen molar-refractivity contribution in [1.29, 1.82) is 0 Å². The molecular weight excluding hydrogens is 202 g/mol. The van der Waals surface area contributed by atoms with Crippen LogP contribution < -0.4 is 10.6 Å². The smallest absolute Gasteiger partial charge is 0.233 e. The molecule has 2 N–H and O–H groups in total. The highest BCUT2D eigenvalue weighted by molar-refractivity contribution is 5.77. The van der Waals surface area contributed by atoms with Crippen LogP contribution in [0.5, 0.6) is 0 Å². The number of nitrogens with zero attached hydrogens (tertiary/aromatic N) is 1. The predicted molar refractivity (Wildman–Crippen MR) is 66.4 cm³/mol. The van der Waals surface area contributed by atoms with Crippen LogP contribution in [-0.2, 0) is 4.79 Å². The summed E-state index contributed by atoms with van der Waals surface area (Å²) in [4.78, 5) is 13.7. The molecule has 0 aromatic heterocycles. The normalized spacial score (nSPS) is 22.0. The monoisotopic (exact) mass is 227 g/mol. The zero-order valence-corrected chi connectivity index (χ0v) is 10.6. The Bertz CT molecular complexity index is 208. The molecule has 4 heteroatoms. The van der Waals surface area contributed by atoms with E-state index in [-0.39, 0.29) is 5.91 Å². The summed E-state index contributed by atoms with van der Waals surface area (Å²) in [6.45, 7) is 6.64. The van der Waals surface area contributed by atoms with Crippen molar-refractivity contribution in [3.05, 3.63) is 0 Å². The number of hydrogen-bond donors (Lipinski definition) is 2. The summed E-state index contributed by atoms with van der Waals surface area (Å²) in [5.41, 5.74) is 0. The molecule has 1 aliphatic rings. The number of amides is 1. The third-order valence-electron chi connectivity index (χ3n) is 3.01. The Labute approximate surface area is 98.8 Å². The van der Waals surface area contributed by atoms with Crippen LogP contribution in [0.3, 0.4) is 0 Å². The molecule has 16 heavy (non-hydrogen) atoms. The van der Waals surface area contributed by atoms with Gasteiger partial charge in [0, 0.05) is 13.1 Å². The van der Waals surface area contributed by atoms with Gasteiger partial charge in [-0.1, -0.05) is 6.92 Å². The van der Waals surface area contributed by atoms with Crippen LogP contribution >= 0.6 is 0 Å². The SMILES string of the molecule is CCCNC(=O)CNCC1CCCN(C)C1. The van der Waals surface area contributed by atoms with Crippen LogP contribution in [-0.4, -0.2) is 50.6 Å². The van der Waals surface area contributed by atoms with E-state index in [9.17, 15) is 4.79 Å². The van der Waals surface area contributed by atoms with Crippen molar-refractivity contribution in [2.24, 2.45) is 5.92 Å². The fraction of sp³-hybridized carbons (Fsp3) is 0.917. The number of likely N-dealkylation sites (tertiary alicyclic amines) is 1. The zero-order chi connectivity index (χ0) is 11.8. The molecule has 1 atom stereocenters. The van der Waals surface area contributed by atoms with Gasteiger partial charge in [0.15, 0.2) is 0 Å². The van der Waals surface area contributed by atoms with E-state index in [1.54, 1.807) is 0 Å². The van der Waals surface area contributed by atoms with Crippen LogP contribution in [0.1, 0.15) is 26.2 Å². The summed E-state index contributed by atoms with van der Waals surface area (Å²) < 4.78 is 0. The average Bonchev–Trinajstić information content (AvgIpc) is 2.26. The van der Waals surface area contributed by atoms with Gasteiger partial charge in [-0.3, -0.25) is 4.79 Å². The molecule has 1 amide bonds. The van der Waals surface area contributed by atoms with Crippen LogP contribution in [0.2, 0.25) is 0 Å². The molecule has 1 fully saturated rings. The Morgan fingerprint density at radius 3 is 3.00 bits per heavy atom. The van der Waals surface area contributed by atoms with Crippen molar-refractivity contribution in [3.8, 4) is 0 Å². The van der Waals surface area contributed by atoms with E-state index in [2.05, 4.69) is 29.5 Å². The first-order valence-electron chi connectivity index (χ1n) is 6.38. The Morgan fingerprint density at radius 2 is 2.31 bits per heavy atom. The number of rotatable bonds is 6. The lowest BCUT2D eigenvalue weighted by Gasteiger charge is -2.29. The first kappa shape index (κ1) is 13.5. The molecule has 94 valence electrons. The summed E-state index contributed by atoms with van der Waals surface area (Å²) in [6.07, 6.45) is 3.57. The molecule has 1 aliphatic heterocycles. The molecule has 1 heterocycles. The van der Waals surface area contributed by atoms with Gasteiger partial charge in [-0.2, -0.15) is 0 Å². The van der Waals surface area contributed by atoms with Gasteiger partial charge in [-0.15, -0.1) is 0 Å². The van der Waals surface area contributed by atoms with Crippen molar-refractivity contribution in [2.45, 2.75) is 26.2 Å². The molecular formula is C12H25N3O. The van der Waals surface area contributed by atoms with Crippen molar-refractivity contribution in [3.63, 3.8) is 0 Å². The Hall–Kier alpha value is -0.610. The second kappa shape index (κ2) is 7.63. The van der Waals surface area contributed by atoms with Crippen molar-refractivity contribution in [2.75, 3.05) is 39.8 Å². The second-order valence-electron chi connectivity index (χ2n) is 4.75. The maximum absolute atomic E-state index is 11.3. The minimum absolute atomic E-state index is 0.117. The van der Waals surface area contributed by atoms with E-state index < -0.39 is 0 Å². The first-order chi connectivity index (χ1) is 7.72. The van der Waals surface area contributed by atoms with E-state index in [0.29, 0.717) is 12.5 Å². The van der Waals surface area contributed by atoms with E-state index in [4.69, 9.17) is 0 Å². The Morgan fingerprint density at radius 1 is 1.50 bits per heavy atom. The van der Waals surface area contributed by atoms with E-state index in [1.807, 2.05) is 0 Å². The number of carbonyl (C=O) groups excluding carboxylic acids is 1. The minimum Gasteiger partial charge on any atom is -0.355 e. The maximum Gasteiger partial charge on any atom is 0.233 e. The highest BCUT2D eigenvalue weighted by Gasteiger charge is 2.16. The second-order valence-corrected chi connectivity index (χ2v) is 4.75. The van der Waals surface area contributed by atoms with E-state index in [1.165, 1.54) is 19.4 Å². The van der Waals surface area contributed by atoms with Crippen molar-refractivity contribution < 1.29 is 4.79 Å². The highest BCUT2D eigenvalue weighted by atomic mass is 16.1. The van der Waals surface area contributed by atoms with Crippen LogP contribution in [0.4, 0.5) is 0 Å². The molecule has 0 saturated carbocycles. The number of hydrogen-bond acceptors (Lipinski definition) is 3. The van der Waals surface area contributed by atoms with Gasteiger partial charge in [0.2, 0.25) is 5.91 Å². The molecule has 0 radical (unpaired) electrons. The number of piperidine rings is 1. The topological polar surface area (TPSA) is 44.4 Å². The lowest BCUT2D eigenvalue weighted by molar-refractivity contribution is -0.120. The molecule has 1 rings (SSSR count). The first-order valence-corrected chi connectivity index (χ1v) is 6.38. The van der Waals surface area contributed by atoms with Crippen molar-refractivity contribution >= 4 is 5.91 Å². The predicted octanol–water partition coefficient (Wildman–Crippen LogP) is 0.444. The molecule has 1 saturated heterocycles. The van der Waals surface area contributed by atoms with E-state index in [0.717, 1.165) is 26.1 Å². The molecule has 0 aromatic carbocycles. The molecule has 0 aliphatic carbocycles. The van der Waals surface area contributed by atoms with Crippen molar-refractivity contribution in [1.82, 2.24) is 15.5 Å². The third-order valence-corrected chi connectivity index (χ3v) is 3.01. The van der Waals surface area contributed by atoms with Crippen LogP contribution in [0.15, 0.2) is 0 Å². The molecule has 0 aromatic rings. The summed E-state index contributed by atoms with van der Waals surface area (Å²) in [6, 6.07) is 0. The quantitative estimate of drug-likeness (QED) is 0.692. The maximum atomic E-state index is 11.3. The summed E-state index contributed by atoms with van der Waals surface area (Å²) in [7, 11) is 2.17. The zero-order valence-electron chi connectivity index (χ0n) is 10.6. The molecule has 0 bridgehead atoms. The lowest BCUT2D eigenvalue weighted by Crippen LogP contribution is -2.40. The summed E-state index contributed by atoms with van der Waals surface area (Å²) in [5, 5.41) is 6.11. The van der Waals surface area contributed by atoms with Gasteiger partial charge in [0.25, 0.3) is 0 Å². The van der Waals surface area contributed by atoms with Gasteiger partial charge in [0.1, 0.15) is 0 Å². The van der Waals surface area contributed by atoms with Gasteiger partial charge in [-0.25, -0.2) is 0 Å². The summed E-state index contributed by atoms with van der Waals surface area (Å²) >= 11 is 0. The van der Waals surface area contributed by atoms with Crippen LogP contribution in [0.25, 0.3) is 0 Å². The largest absolute Gasteiger partial charge is 0.355 e. The van der Waals surface area contributed by atoms with Gasteiger partial charge >= 0.3 is 0 Å². The molecule has 0 spiro atoms. The number of nitrogens with one attached hydrogen (secondary N) is 2. The van der Waals surface area contributed by atoms with Crippen LogP contribution in [0, 0.1) is 5.92 Å². The average molecular weight is 227 g/mol. The highest BCUT2D eigenvalue weighted by Crippen LogP contribution is 2.13. The summed E-state index contributed by atoms with van der Waals surface area (Å²) in [5.74, 6) is 0.823. The molecule has 4 nitrogen and oxygen atoms in total. The van der Waals surface area contributed by atoms with Gasteiger partial charge in [-0.05, 0) is 45.3 Å². The fourth-order valence-electron chi connectivity index (χ4n) is 2.16. The van der Waals surface area contributed by atoms with E-state index >= 15 is 0 Å². The number of carbonyl (C=O) groups is 1. The fourth-order valence-corrected chi connectivity index (χ4v) is 2.16. The lowest BCUT2D eigenvalue weighted by atomic mass is 9.98. The van der Waals surface area contributed by atoms with Gasteiger partial charge in [0.05, 0.1) is 6.54 Å². The van der Waals surface area contributed by atoms with Gasteiger partial charge < -0.3 is 15.5 Å². The standard InChI is InChI=1S/C12H25N3O/c1-3-6-14-12(16)9-13-8-11-5-4-7-15(2)10-11/h11,13H,3-10H2,1-2H3,(H,14,16). The third kappa shape index (κ3) is 5.47. The Kier molecular flexibility index (Phi) is 6.42. The molecule has 1 unspecified atom stereocenters. The Balaban J connectivity index is 2.03. The minimum atomic E-state index is 0.117.